The van der Waals surface area contributed by atoms with Crippen LogP contribution in [0.1, 0.15) is 12.6 Å². The predicted octanol–water partition coefficient (Wildman–Crippen LogP) is 1.09. The lowest BCUT2D eigenvalue weighted by molar-refractivity contribution is 0.275. The van der Waals surface area contributed by atoms with Crippen LogP contribution in [0.15, 0.2) is 18.3 Å². The number of pyridine rings is 1. The second-order valence-electron chi connectivity index (χ2n) is 4.29. The van der Waals surface area contributed by atoms with Crippen LogP contribution < -0.4 is 4.90 Å². The van der Waals surface area contributed by atoms with Crippen LogP contribution in [0, 0.1) is 11.3 Å². The van der Waals surface area contributed by atoms with Gasteiger partial charge in [0.25, 0.3) is 0 Å². The quantitative estimate of drug-likeness (QED) is 0.705. The molecule has 0 aromatic carbocycles. The number of nitrogens with zero attached hydrogens (tertiary/aromatic N) is 4. The van der Waals surface area contributed by atoms with Crippen molar-refractivity contribution in [3.8, 4) is 6.07 Å². The minimum atomic E-state index is 0.426. The molecule has 2 rings (SSSR count). The highest BCUT2D eigenvalue weighted by molar-refractivity contribution is 5.56. The molecule has 0 amide bonds. The van der Waals surface area contributed by atoms with Gasteiger partial charge in [0.1, 0.15) is 6.07 Å². The van der Waals surface area contributed by atoms with E-state index in [0.717, 1.165) is 25.3 Å². The van der Waals surface area contributed by atoms with Gasteiger partial charge in [-0.2, -0.15) is 5.26 Å². The van der Waals surface area contributed by atoms with Crippen molar-refractivity contribution < 1.29 is 0 Å². The Morgan fingerprint density at radius 3 is 3.00 bits per heavy atom. The molecule has 0 aliphatic carbocycles. The van der Waals surface area contributed by atoms with E-state index in [1.54, 1.807) is 6.20 Å². The van der Waals surface area contributed by atoms with Crippen LogP contribution in [-0.4, -0.2) is 42.6 Å². The largest absolute Gasteiger partial charge is 0.364 e. The number of likely N-dealkylation sites (N-methyl/N-ethyl adjacent to an activating group) is 1. The summed E-state index contributed by atoms with van der Waals surface area (Å²) in [5.74, 6) is 0. The third-order valence-corrected chi connectivity index (χ3v) is 3.03. The van der Waals surface area contributed by atoms with Gasteiger partial charge in [0.2, 0.25) is 0 Å². The monoisotopic (exact) mass is 216 g/mol. The van der Waals surface area contributed by atoms with Crippen LogP contribution in [0.25, 0.3) is 0 Å². The van der Waals surface area contributed by atoms with Crippen molar-refractivity contribution in [2.75, 3.05) is 31.6 Å². The average molecular weight is 216 g/mol. The molecule has 1 aliphatic heterocycles. The lowest BCUT2D eigenvalue weighted by Crippen LogP contribution is -2.50. The zero-order chi connectivity index (χ0) is 11.5. The summed E-state index contributed by atoms with van der Waals surface area (Å²) in [4.78, 5) is 8.69. The number of aromatic nitrogens is 1. The van der Waals surface area contributed by atoms with Crippen molar-refractivity contribution in [2.24, 2.45) is 0 Å². The minimum Gasteiger partial charge on any atom is -0.364 e. The molecule has 1 saturated heterocycles. The topological polar surface area (TPSA) is 43.2 Å². The Bertz CT molecular complexity index is 410. The summed E-state index contributed by atoms with van der Waals surface area (Å²) in [5.41, 5.74) is 1.49. The molecule has 0 saturated carbocycles. The Hall–Kier alpha value is -1.60. The number of hydrogen-bond donors (Lipinski definition) is 0. The van der Waals surface area contributed by atoms with Crippen LogP contribution in [0.2, 0.25) is 0 Å². The van der Waals surface area contributed by atoms with Gasteiger partial charge in [-0.15, -0.1) is 0 Å². The lowest BCUT2D eigenvalue weighted by Gasteiger charge is -2.39. The van der Waals surface area contributed by atoms with E-state index in [-0.39, 0.29) is 0 Å². The Morgan fingerprint density at radius 1 is 1.50 bits per heavy atom. The highest BCUT2D eigenvalue weighted by Crippen LogP contribution is 2.22. The van der Waals surface area contributed by atoms with Crippen LogP contribution in [0.4, 0.5) is 5.69 Å². The molecule has 1 aromatic heterocycles. The average Bonchev–Trinajstić information content (AvgIpc) is 2.29. The standard InChI is InChI=1S/C12H16N4/c1-10-9-15(2)6-7-16(10)12-4-3-5-14-11(12)8-13/h3-5,10H,6-7,9H2,1-2H3. The van der Waals surface area contributed by atoms with Gasteiger partial charge in [-0.1, -0.05) is 0 Å². The zero-order valence-electron chi connectivity index (χ0n) is 9.72. The summed E-state index contributed by atoms with van der Waals surface area (Å²) in [7, 11) is 2.13. The summed E-state index contributed by atoms with van der Waals surface area (Å²) >= 11 is 0. The smallest absolute Gasteiger partial charge is 0.163 e. The second kappa shape index (κ2) is 4.50. The summed E-state index contributed by atoms with van der Waals surface area (Å²) < 4.78 is 0. The number of rotatable bonds is 1. The summed E-state index contributed by atoms with van der Waals surface area (Å²) in [5, 5.41) is 9.04. The molecule has 84 valence electrons. The Kier molecular flexibility index (Phi) is 3.07. The first kappa shape index (κ1) is 10.9. The van der Waals surface area contributed by atoms with E-state index < -0.39 is 0 Å². The molecular weight excluding hydrogens is 200 g/mol. The highest BCUT2D eigenvalue weighted by atomic mass is 15.3. The van der Waals surface area contributed by atoms with Crippen molar-refractivity contribution in [2.45, 2.75) is 13.0 Å². The third kappa shape index (κ3) is 2.00. The van der Waals surface area contributed by atoms with E-state index in [1.165, 1.54) is 0 Å². The Morgan fingerprint density at radius 2 is 2.31 bits per heavy atom. The van der Waals surface area contributed by atoms with Crippen molar-refractivity contribution in [3.05, 3.63) is 24.0 Å². The summed E-state index contributed by atoms with van der Waals surface area (Å²) in [6.45, 7) is 5.20. The molecular formula is C12H16N4. The van der Waals surface area contributed by atoms with E-state index in [2.05, 4.69) is 34.8 Å². The predicted molar refractivity (Wildman–Crippen MR) is 63.3 cm³/mol. The first-order valence-corrected chi connectivity index (χ1v) is 5.52. The molecule has 0 radical (unpaired) electrons. The number of hydrogen-bond acceptors (Lipinski definition) is 4. The van der Waals surface area contributed by atoms with Gasteiger partial charge in [0, 0.05) is 31.9 Å². The molecule has 1 aliphatic rings. The van der Waals surface area contributed by atoms with Crippen molar-refractivity contribution in [3.63, 3.8) is 0 Å². The number of piperazine rings is 1. The zero-order valence-corrected chi connectivity index (χ0v) is 9.72. The van der Waals surface area contributed by atoms with E-state index in [9.17, 15) is 0 Å². The van der Waals surface area contributed by atoms with E-state index >= 15 is 0 Å². The maximum atomic E-state index is 9.04. The van der Waals surface area contributed by atoms with Crippen LogP contribution in [0.5, 0.6) is 0 Å². The van der Waals surface area contributed by atoms with E-state index in [4.69, 9.17) is 5.26 Å². The molecule has 4 nitrogen and oxygen atoms in total. The second-order valence-corrected chi connectivity index (χ2v) is 4.29. The summed E-state index contributed by atoms with van der Waals surface area (Å²) in [6, 6.07) is 6.45. The van der Waals surface area contributed by atoms with Gasteiger partial charge >= 0.3 is 0 Å². The fourth-order valence-electron chi connectivity index (χ4n) is 2.21. The molecule has 0 bridgehead atoms. The molecule has 1 unspecified atom stereocenters. The van der Waals surface area contributed by atoms with Gasteiger partial charge in [-0.05, 0) is 26.1 Å². The maximum Gasteiger partial charge on any atom is 0.163 e. The molecule has 1 fully saturated rings. The third-order valence-electron chi connectivity index (χ3n) is 3.03. The van der Waals surface area contributed by atoms with Gasteiger partial charge in [0.05, 0.1) is 5.69 Å². The fraction of sp³-hybridized carbons (Fsp3) is 0.500. The Balaban J connectivity index is 2.27. The van der Waals surface area contributed by atoms with Crippen LogP contribution >= 0.6 is 0 Å². The van der Waals surface area contributed by atoms with Crippen molar-refractivity contribution in [1.29, 1.82) is 5.26 Å². The maximum absolute atomic E-state index is 9.04. The molecule has 4 heteroatoms. The SMILES string of the molecule is CC1CN(C)CCN1c1cccnc1C#N. The van der Waals surface area contributed by atoms with Gasteiger partial charge in [-0.25, -0.2) is 4.98 Å². The number of anilines is 1. The van der Waals surface area contributed by atoms with Crippen LogP contribution in [0.3, 0.4) is 0 Å². The molecule has 1 atom stereocenters. The normalized spacial score (nSPS) is 21.8. The fourth-order valence-corrected chi connectivity index (χ4v) is 2.21. The molecule has 2 heterocycles. The molecule has 16 heavy (non-hydrogen) atoms. The van der Waals surface area contributed by atoms with Crippen LogP contribution in [-0.2, 0) is 0 Å². The first-order chi connectivity index (χ1) is 7.72. The number of nitriles is 1. The first-order valence-electron chi connectivity index (χ1n) is 5.52. The highest BCUT2D eigenvalue weighted by Gasteiger charge is 2.23. The molecule has 0 N–H and O–H groups in total. The molecule has 1 aromatic rings. The van der Waals surface area contributed by atoms with Gasteiger partial charge in [0.15, 0.2) is 5.69 Å². The van der Waals surface area contributed by atoms with Gasteiger partial charge in [-0.3, -0.25) is 0 Å². The van der Waals surface area contributed by atoms with E-state index in [1.807, 2.05) is 12.1 Å². The van der Waals surface area contributed by atoms with Crippen molar-refractivity contribution >= 4 is 5.69 Å². The minimum absolute atomic E-state index is 0.426. The lowest BCUT2D eigenvalue weighted by atomic mass is 10.1. The van der Waals surface area contributed by atoms with Gasteiger partial charge < -0.3 is 9.80 Å². The van der Waals surface area contributed by atoms with Crippen molar-refractivity contribution in [1.82, 2.24) is 9.88 Å². The Labute approximate surface area is 96.1 Å². The summed E-state index contributed by atoms with van der Waals surface area (Å²) in [6.07, 6.45) is 1.67. The van der Waals surface area contributed by atoms with E-state index in [0.29, 0.717) is 11.7 Å². The molecule has 0 spiro atoms.